The molecule has 1 saturated heterocycles. The van der Waals surface area contributed by atoms with Crippen molar-refractivity contribution in [2.24, 2.45) is 5.92 Å². The minimum Gasteiger partial charge on any atom is -0.375 e. The summed E-state index contributed by atoms with van der Waals surface area (Å²) in [5.74, 6) is 0.719. The highest BCUT2D eigenvalue weighted by Crippen LogP contribution is 2.17. The normalized spacial score (nSPS) is 21.2. The van der Waals surface area contributed by atoms with Gasteiger partial charge in [0.15, 0.2) is 0 Å². The van der Waals surface area contributed by atoms with E-state index in [-0.39, 0.29) is 0 Å². The summed E-state index contributed by atoms with van der Waals surface area (Å²) in [7, 11) is 0. The minimum atomic E-state index is 0.419. The number of ether oxygens (including phenoxy) is 1. The molecule has 1 aliphatic heterocycles. The van der Waals surface area contributed by atoms with Crippen molar-refractivity contribution >= 4 is 0 Å². The summed E-state index contributed by atoms with van der Waals surface area (Å²) in [6.07, 6.45) is 1.23. The second-order valence-corrected chi connectivity index (χ2v) is 7.80. The van der Waals surface area contributed by atoms with Gasteiger partial charge in [-0.1, -0.05) is 74.5 Å². The van der Waals surface area contributed by atoms with E-state index in [1.165, 1.54) is 17.5 Å². The van der Waals surface area contributed by atoms with Crippen LogP contribution in [0, 0.1) is 5.92 Å². The molecule has 0 aliphatic carbocycles. The number of hydrogen-bond donors (Lipinski definition) is 1. The van der Waals surface area contributed by atoms with Crippen molar-refractivity contribution in [3.63, 3.8) is 0 Å². The van der Waals surface area contributed by atoms with Gasteiger partial charge in [-0.15, -0.1) is 0 Å². The van der Waals surface area contributed by atoms with Crippen LogP contribution in [0.15, 0.2) is 60.7 Å². The zero-order valence-electron chi connectivity index (χ0n) is 16.1. The van der Waals surface area contributed by atoms with E-state index < -0.39 is 0 Å². The second-order valence-electron chi connectivity index (χ2n) is 7.80. The lowest BCUT2D eigenvalue weighted by Gasteiger charge is -2.41. The molecule has 2 atom stereocenters. The van der Waals surface area contributed by atoms with E-state index in [9.17, 15) is 0 Å². The lowest BCUT2D eigenvalue weighted by Crippen LogP contribution is -2.57. The van der Waals surface area contributed by atoms with E-state index in [0.717, 1.165) is 32.2 Å². The fourth-order valence-corrected chi connectivity index (χ4v) is 3.72. The predicted molar refractivity (Wildman–Crippen MR) is 108 cm³/mol. The first-order valence-electron chi connectivity index (χ1n) is 9.83. The largest absolute Gasteiger partial charge is 0.375 e. The highest BCUT2D eigenvalue weighted by molar-refractivity contribution is 5.15. The molecular formula is C23H32N2O. The SMILES string of the molecule is CC(C)CC1CN(Cc2ccccc2)C(COCc2ccccc2)CN1. The highest BCUT2D eigenvalue weighted by Gasteiger charge is 2.28. The van der Waals surface area contributed by atoms with Gasteiger partial charge in [-0.2, -0.15) is 0 Å². The first-order valence-corrected chi connectivity index (χ1v) is 9.83. The van der Waals surface area contributed by atoms with E-state index in [2.05, 4.69) is 78.7 Å². The van der Waals surface area contributed by atoms with Gasteiger partial charge in [0.1, 0.15) is 0 Å². The molecule has 1 N–H and O–H groups in total. The van der Waals surface area contributed by atoms with Gasteiger partial charge in [-0.3, -0.25) is 4.90 Å². The van der Waals surface area contributed by atoms with Gasteiger partial charge in [0.2, 0.25) is 0 Å². The molecule has 3 rings (SSSR count). The Balaban J connectivity index is 1.58. The van der Waals surface area contributed by atoms with Crippen LogP contribution in [0.3, 0.4) is 0 Å². The van der Waals surface area contributed by atoms with Crippen LogP contribution in [0.1, 0.15) is 31.4 Å². The van der Waals surface area contributed by atoms with Crippen molar-refractivity contribution in [3.8, 4) is 0 Å². The summed E-state index contributed by atoms with van der Waals surface area (Å²) in [5.41, 5.74) is 2.62. The van der Waals surface area contributed by atoms with Crippen LogP contribution < -0.4 is 5.32 Å². The quantitative estimate of drug-likeness (QED) is 0.774. The summed E-state index contributed by atoms with van der Waals surface area (Å²) in [5, 5.41) is 3.74. The molecule has 3 nitrogen and oxygen atoms in total. The van der Waals surface area contributed by atoms with Crippen molar-refractivity contribution < 1.29 is 4.74 Å². The predicted octanol–water partition coefficient (Wildman–Crippen LogP) is 4.09. The third-order valence-corrected chi connectivity index (χ3v) is 5.02. The van der Waals surface area contributed by atoms with Gasteiger partial charge in [-0.25, -0.2) is 0 Å². The standard InChI is InChI=1S/C23H32N2O/c1-19(2)13-22-16-25(15-20-9-5-3-6-10-20)23(14-24-22)18-26-17-21-11-7-4-8-12-21/h3-12,19,22-24H,13-18H2,1-2H3. The van der Waals surface area contributed by atoms with Crippen molar-refractivity contribution in [2.75, 3.05) is 19.7 Å². The number of benzene rings is 2. The molecule has 26 heavy (non-hydrogen) atoms. The molecule has 1 heterocycles. The molecule has 2 aromatic rings. The van der Waals surface area contributed by atoms with Gasteiger partial charge in [0.25, 0.3) is 0 Å². The molecular weight excluding hydrogens is 320 g/mol. The Hall–Kier alpha value is -1.68. The summed E-state index contributed by atoms with van der Waals surface area (Å²) in [6.45, 7) is 9.15. The Morgan fingerprint density at radius 2 is 1.65 bits per heavy atom. The van der Waals surface area contributed by atoms with Gasteiger partial charge in [-0.05, 0) is 23.5 Å². The fraction of sp³-hybridized carbons (Fsp3) is 0.478. The van der Waals surface area contributed by atoms with Gasteiger partial charge in [0, 0.05) is 31.7 Å². The molecule has 1 fully saturated rings. The van der Waals surface area contributed by atoms with Crippen LogP contribution >= 0.6 is 0 Å². The molecule has 0 bridgehead atoms. The molecule has 3 heteroatoms. The Morgan fingerprint density at radius 1 is 1.00 bits per heavy atom. The molecule has 1 aliphatic rings. The summed E-state index contributed by atoms with van der Waals surface area (Å²) in [4.78, 5) is 2.60. The number of nitrogens with one attached hydrogen (secondary N) is 1. The van der Waals surface area contributed by atoms with Crippen molar-refractivity contribution in [1.29, 1.82) is 0 Å². The Bertz CT molecular complexity index is 629. The molecule has 140 valence electrons. The van der Waals surface area contributed by atoms with Gasteiger partial charge < -0.3 is 10.1 Å². The number of hydrogen-bond acceptors (Lipinski definition) is 3. The zero-order chi connectivity index (χ0) is 18.2. The Morgan fingerprint density at radius 3 is 2.31 bits per heavy atom. The van der Waals surface area contributed by atoms with Gasteiger partial charge in [0.05, 0.1) is 13.2 Å². The maximum Gasteiger partial charge on any atom is 0.0717 e. The van der Waals surface area contributed by atoms with Crippen molar-refractivity contribution in [2.45, 2.75) is 45.5 Å². The van der Waals surface area contributed by atoms with E-state index in [1.54, 1.807) is 0 Å². The molecule has 2 unspecified atom stereocenters. The van der Waals surface area contributed by atoms with Crippen LogP contribution in [0.4, 0.5) is 0 Å². The topological polar surface area (TPSA) is 24.5 Å². The zero-order valence-corrected chi connectivity index (χ0v) is 16.1. The Labute approximate surface area is 158 Å². The van der Waals surface area contributed by atoms with Crippen LogP contribution in [0.5, 0.6) is 0 Å². The molecule has 0 aromatic heterocycles. The first-order chi connectivity index (χ1) is 12.7. The third-order valence-electron chi connectivity index (χ3n) is 5.02. The van der Waals surface area contributed by atoms with Crippen LogP contribution in [-0.2, 0) is 17.9 Å². The van der Waals surface area contributed by atoms with Gasteiger partial charge >= 0.3 is 0 Å². The highest BCUT2D eigenvalue weighted by atomic mass is 16.5. The van der Waals surface area contributed by atoms with Crippen LogP contribution in [0.2, 0.25) is 0 Å². The minimum absolute atomic E-state index is 0.419. The van der Waals surface area contributed by atoms with Crippen molar-refractivity contribution in [3.05, 3.63) is 71.8 Å². The molecule has 2 aromatic carbocycles. The number of piperazine rings is 1. The average molecular weight is 353 g/mol. The summed E-state index contributed by atoms with van der Waals surface area (Å²) in [6, 6.07) is 22.2. The van der Waals surface area contributed by atoms with E-state index in [0.29, 0.717) is 18.7 Å². The summed E-state index contributed by atoms with van der Waals surface area (Å²) < 4.78 is 6.06. The van der Waals surface area contributed by atoms with E-state index in [4.69, 9.17) is 4.74 Å². The van der Waals surface area contributed by atoms with Crippen LogP contribution in [-0.4, -0.2) is 36.7 Å². The monoisotopic (exact) mass is 352 g/mol. The molecule has 0 amide bonds. The molecule has 0 radical (unpaired) electrons. The lowest BCUT2D eigenvalue weighted by molar-refractivity contribution is 0.0229. The maximum absolute atomic E-state index is 6.06. The maximum atomic E-state index is 6.06. The lowest BCUT2D eigenvalue weighted by atomic mass is 9.99. The first kappa shape index (κ1) is 19.1. The smallest absolute Gasteiger partial charge is 0.0717 e. The number of rotatable bonds is 8. The Kier molecular flexibility index (Phi) is 7.24. The van der Waals surface area contributed by atoms with Crippen LogP contribution in [0.25, 0.3) is 0 Å². The molecule has 0 spiro atoms. The van der Waals surface area contributed by atoms with E-state index >= 15 is 0 Å². The molecule has 0 saturated carbocycles. The fourth-order valence-electron chi connectivity index (χ4n) is 3.72. The third kappa shape index (κ3) is 5.94. The average Bonchev–Trinajstić information content (AvgIpc) is 2.65. The number of nitrogens with zero attached hydrogens (tertiary/aromatic N) is 1. The van der Waals surface area contributed by atoms with Crippen molar-refractivity contribution in [1.82, 2.24) is 10.2 Å². The summed E-state index contributed by atoms with van der Waals surface area (Å²) >= 11 is 0. The van der Waals surface area contributed by atoms with E-state index in [1.807, 2.05) is 6.07 Å². The second kappa shape index (κ2) is 9.86.